The smallest absolute Gasteiger partial charge is 0.375 e. The summed E-state index contributed by atoms with van der Waals surface area (Å²) < 4.78 is 37.8. The minimum atomic E-state index is -4.51. The molecule has 0 bridgehead atoms. The average Bonchev–Trinajstić information content (AvgIpc) is 2.54. The number of nitro groups is 1. The van der Waals surface area contributed by atoms with Crippen molar-refractivity contribution in [3.8, 4) is 0 Å². The molecule has 10 heteroatoms. The van der Waals surface area contributed by atoms with Gasteiger partial charge in [0.05, 0.1) is 27.7 Å². The van der Waals surface area contributed by atoms with Crippen LogP contribution in [0.5, 0.6) is 0 Å². The monoisotopic (exact) mass is 387 g/mol. The van der Waals surface area contributed by atoms with Crippen LogP contribution in [0.4, 0.5) is 30.2 Å². The molecule has 138 valence electrons. The van der Waals surface area contributed by atoms with E-state index in [0.29, 0.717) is 11.3 Å². The fourth-order valence-corrected chi connectivity index (χ4v) is 2.35. The third-order valence-corrected chi connectivity index (χ3v) is 3.74. The van der Waals surface area contributed by atoms with Crippen LogP contribution in [0.3, 0.4) is 0 Å². The van der Waals surface area contributed by atoms with E-state index in [1.165, 1.54) is 18.2 Å². The van der Waals surface area contributed by atoms with Gasteiger partial charge in [0.15, 0.2) is 0 Å². The lowest BCUT2D eigenvalue weighted by Crippen LogP contribution is -2.22. The lowest BCUT2D eigenvalue weighted by molar-refractivity contribution is -0.384. The van der Waals surface area contributed by atoms with Gasteiger partial charge in [-0.2, -0.15) is 13.2 Å². The van der Waals surface area contributed by atoms with E-state index in [4.69, 9.17) is 11.6 Å². The predicted molar refractivity (Wildman–Crippen MR) is 91.4 cm³/mol. The first-order chi connectivity index (χ1) is 12.1. The van der Waals surface area contributed by atoms with Crippen molar-refractivity contribution < 1.29 is 22.9 Å². The van der Waals surface area contributed by atoms with Crippen molar-refractivity contribution >= 4 is 34.6 Å². The van der Waals surface area contributed by atoms with E-state index in [1.807, 2.05) is 0 Å². The van der Waals surface area contributed by atoms with Crippen molar-refractivity contribution in [3.63, 3.8) is 0 Å². The van der Waals surface area contributed by atoms with Gasteiger partial charge in [0.25, 0.3) is 5.69 Å². The van der Waals surface area contributed by atoms with Gasteiger partial charge < -0.3 is 10.6 Å². The van der Waals surface area contributed by atoms with Gasteiger partial charge in [0.1, 0.15) is 0 Å². The number of non-ortho nitro benzene ring substituents is 1. The molecule has 0 heterocycles. The Hall–Kier alpha value is -2.81. The Labute approximate surface area is 151 Å². The van der Waals surface area contributed by atoms with Gasteiger partial charge in [-0.05, 0) is 36.8 Å². The van der Waals surface area contributed by atoms with E-state index in [0.717, 1.165) is 18.2 Å². The van der Waals surface area contributed by atoms with Crippen LogP contribution in [0.15, 0.2) is 36.4 Å². The zero-order valence-corrected chi connectivity index (χ0v) is 14.1. The number of benzene rings is 2. The molecule has 0 atom stereocenters. The molecule has 0 aliphatic carbocycles. The Kier molecular flexibility index (Phi) is 5.71. The quantitative estimate of drug-likeness (QED) is 0.579. The molecule has 2 N–H and O–H groups in total. The number of hydrogen-bond donors (Lipinski definition) is 2. The zero-order valence-electron chi connectivity index (χ0n) is 13.4. The van der Waals surface area contributed by atoms with E-state index in [-0.39, 0.29) is 22.9 Å². The zero-order chi connectivity index (χ0) is 19.5. The maximum atomic E-state index is 12.6. The van der Waals surface area contributed by atoms with Gasteiger partial charge in [-0.25, -0.2) is 0 Å². The Morgan fingerprint density at radius 1 is 1.19 bits per heavy atom. The molecule has 1 amide bonds. The maximum absolute atomic E-state index is 12.6. The number of nitrogens with zero attached hydrogens (tertiary/aromatic N) is 1. The number of amides is 1. The van der Waals surface area contributed by atoms with Crippen LogP contribution >= 0.6 is 11.6 Å². The first-order valence-electron chi connectivity index (χ1n) is 7.23. The van der Waals surface area contributed by atoms with Crippen molar-refractivity contribution in [2.24, 2.45) is 0 Å². The van der Waals surface area contributed by atoms with Crippen molar-refractivity contribution in [1.29, 1.82) is 0 Å². The average molecular weight is 388 g/mol. The van der Waals surface area contributed by atoms with Gasteiger partial charge in [-0.15, -0.1) is 0 Å². The number of carbonyl (C=O) groups excluding carboxylic acids is 1. The number of alkyl halides is 3. The second-order valence-corrected chi connectivity index (χ2v) is 5.76. The van der Waals surface area contributed by atoms with Crippen molar-refractivity contribution in [1.82, 2.24) is 0 Å². The minimum Gasteiger partial charge on any atom is -0.375 e. The highest BCUT2D eigenvalue weighted by Gasteiger charge is 2.30. The SMILES string of the molecule is Cc1cc([N+](=O)[O-])ccc1NC(=O)CNc1ccc(C(F)(F)F)cc1Cl. The van der Waals surface area contributed by atoms with Crippen molar-refractivity contribution in [2.45, 2.75) is 13.1 Å². The Morgan fingerprint density at radius 2 is 1.85 bits per heavy atom. The highest BCUT2D eigenvalue weighted by Crippen LogP contribution is 2.33. The number of rotatable bonds is 5. The van der Waals surface area contributed by atoms with E-state index in [9.17, 15) is 28.1 Å². The summed E-state index contributed by atoms with van der Waals surface area (Å²) in [6.45, 7) is 1.35. The Bertz CT molecular complexity index is 856. The Balaban J connectivity index is 2.00. The topological polar surface area (TPSA) is 84.3 Å². The van der Waals surface area contributed by atoms with Crippen LogP contribution in [0.25, 0.3) is 0 Å². The van der Waals surface area contributed by atoms with E-state index < -0.39 is 22.6 Å². The molecular weight excluding hydrogens is 375 g/mol. The normalized spacial score (nSPS) is 11.1. The lowest BCUT2D eigenvalue weighted by atomic mass is 10.2. The van der Waals surface area contributed by atoms with Crippen LogP contribution in [-0.4, -0.2) is 17.4 Å². The highest BCUT2D eigenvalue weighted by atomic mass is 35.5. The fraction of sp³-hybridized carbons (Fsp3) is 0.188. The van der Waals surface area contributed by atoms with Gasteiger partial charge in [0.2, 0.25) is 5.91 Å². The van der Waals surface area contributed by atoms with E-state index in [1.54, 1.807) is 6.92 Å². The lowest BCUT2D eigenvalue weighted by Gasteiger charge is -2.12. The number of hydrogen-bond acceptors (Lipinski definition) is 4. The number of nitro benzene ring substituents is 1. The third kappa shape index (κ3) is 4.85. The van der Waals surface area contributed by atoms with Crippen LogP contribution in [0.1, 0.15) is 11.1 Å². The predicted octanol–water partition coefficient (Wildman–Crippen LogP) is 4.63. The van der Waals surface area contributed by atoms with Gasteiger partial charge in [-0.3, -0.25) is 14.9 Å². The molecule has 0 unspecified atom stereocenters. The summed E-state index contributed by atoms with van der Waals surface area (Å²) in [5, 5.41) is 15.7. The van der Waals surface area contributed by atoms with E-state index in [2.05, 4.69) is 10.6 Å². The summed E-state index contributed by atoms with van der Waals surface area (Å²) in [6.07, 6.45) is -4.51. The number of anilines is 2. The molecule has 2 aromatic carbocycles. The molecule has 0 radical (unpaired) electrons. The number of carbonyl (C=O) groups is 1. The maximum Gasteiger partial charge on any atom is 0.416 e. The largest absolute Gasteiger partial charge is 0.416 e. The number of nitrogens with one attached hydrogen (secondary N) is 2. The summed E-state index contributed by atoms with van der Waals surface area (Å²) >= 11 is 5.79. The molecule has 2 rings (SSSR count). The van der Waals surface area contributed by atoms with Gasteiger partial charge >= 0.3 is 6.18 Å². The summed E-state index contributed by atoms with van der Waals surface area (Å²) in [7, 11) is 0. The standard InChI is InChI=1S/C16H13ClF3N3O3/c1-9-6-11(23(25)26)3-5-13(9)22-15(24)8-21-14-4-2-10(7-12(14)17)16(18,19)20/h2-7,21H,8H2,1H3,(H,22,24). The second-order valence-electron chi connectivity index (χ2n) is 5.35. The van der Waals surface area contributed by atoms with Crippen LogP contribution in [0, 0.1) is 17.0 Å². The molecule has 0 aliphatic heterocycles. The molecular formula is C16H13ClF3N3O3. The molecule has 6 nitrogen and oxygen atoms in total. The van der Waals surface area contributed by atoms with Crippen molar-refractivity contribution in [2.75, 3.05) is 17.2 Å². The fourth-order valence-electron chi connectivity index (χ4n) is 2.11. The van der Waals surface area contributed by atoms with Crippen LogP contribution in [0.2, 0.25) is 5.02 Å². The molecule has 0 spiro atoms. The molecule has 26 heavy (non-hydrogen) atoms. The summed E-state index contributed by atoms with van der Waals surface area (Å²) in [5.41, 5.74) is 0.0745. The second kappa shape index (κ2) is 7.61. The highest BCUT2D eigenvalue weighted by molar-refractivity contribution is 6.33. The summed E-state index contributed by atoms with van der Waals surface area (Å²) in [6, 6.07) is 6.72. The minimum absolute atomic E-state index is 0.102. The van der Waals surface area contributed by atoms with Crippen molar-refractivity contribution in [3.05, 3.63) is 62.7 Å². The molecule has 0 saturated heterocycles. The Morgan fingerprint density at radius 3 is 2.38 bits per heavy atom. The molecule has 0 aliphatic rings. The van der Waals surface area contributed by atoms with Crippen LogP contribution < -0.4 is 10.6 Å². The number of halogens is 4. The van der Waals surface area contributed by atoms with Gasteiger partial charge in [0, 0.05) is 17.8 Å². The number of aryl methyl sites for hydroxylation is 1. The molecule has 0 saturated carbocycles. The molecule has 0 fully saturated rings. The molecule has 0 aromatic heterocycles. The summed E-state index contributed by atoms with van der Waals surface area (Å²) in [5.74, 6) is -0.488. The van der Waals surface area contributed by atoms with Gasteiger partial charge in [-0.1, -0.05) is 11.6 Å². The molecule has 2 aromatic rings. The first-order valence-corrected chi connectivity index (χ1v) is 7.61. The first kappa shape index (κ1) is 19.5. The van der Waals surface area contributed by atoms with Crippen LogP contribution in [-0.2, 0) is 11.0 Å². The third-order valence-electron chi connectivity index (χ3n) is 3.43. The summed E-state index contributed by atoms with van der Waals surface area (Å²) in [4.78, 5) is 22.1. The van der Waals surface area contributed by atoms with E-state index >= 15 is 0 Å².